The number of hydrogen-bond acceptors (Lipinski definition) is 3. The average Bonchev–Trinajstić information content (AvgIpc) is 2.95. The van der Waals surface area contributed by atoms with Crippen molar-refractivity contribution in [1.29, 1.82) is 0 Å². The van der Waals surface area contributed by atoms with Gasteiger partial charge in [0.05, 0.1) is 17.5 Å². The summed E-state index contributed by atoms with van der Waals surface area (Å²) in [6, 6.07) is 15.9. The SMILES string of the molecule is CCc1cccc2nc(N)n(CCN(C)C(=O)Cc3ccccc3)c12. The van der Waals surface area contributed by atoms with Gasteiger partial charge in [-0.15, -0.1) is 0 Å². The van der Waals surface area contributed by atoms with Crippen LogP contribution in [-0.2, 0) is 24.2 Å². The lowest BCUT2D eigenvalue weighted by Crippen LogP contribution is -2.31. The van der Waals surface area contributed by atoms with Crippen LogP contribution in [0.1, 0.15) is 18.1 Å². The van der Waals surface area contributed by atoms with Crippen LogP contribution in [0.3, 0.4) is 0 Å². The summed E-state index contributed by atoms with van der Waals surface area (Å²) >= 11 is 0. The van der Waals surface area contributed by atoms with Gasteiger partial charge in [-0.3, -0.25) is 4.79 Å². The van der Waals surface area contributed by atoms with Gasteiger partial charge in [-0.2, -0.15) is 0 Å². The van der Waals surface area contributed by atoms with Crippen LogP contribution in [0, 0.1) is 0 Å². The number of nitrogens with zero attached hydrogens (tertiary/aromatic N) is 3. The molecule has 5 heteroatoms. The first-order valence-electron chi connectivity index (χ1n) is 8.61. The van der Waals surface area contributed by atoms with Gasteiger partial charge in [-0.1, -0.05) is 49.4 Å². The minimum atomic E-state index is 0.102. The Morgan fingerprint density at radius 2 is 1.92 bits per heavy atom. The third-order valence-corrected chi connectivity index (χ3v) is 4.54. The molecule has 0 aliphatic carbocycles. The highest BCUT2D eigenvalue weighted by atomic mass is 16.2. The number of aromatic nitrogens is 2. The summed E-state index contributed by atoms with van der Waals surface area (Å²) in [4.78, 5) is 18.6. The Morgan fingerprint density at radius 1 is 1.16 bits per heavy atom. The zero-order valence-electron chi connectivity index (χ0n) is 14.8. The van der Waals surface area contributed by atoms with Crippen molar-refractivity contribution in [1.82, 2.24) is 14.5 Å². The number of carbonyl (C=O) groups excluding carboxylic acids is 1. The largest absolute Gasteiger partial charge is 0.369 e. The summed E-state index contributed by atoms with van der Waals surface area (Å²) in [6.07, 6.45) is 1.34. The van der Waals surface area contributed by atoms with Crippen molar-refractivity contribution in [2.75, 3.05) is 19.3 Å². The first kappa shape index (κ1) is 17.0. The number of imidazole rings is 1. The summed E-state index contributed by atoms with van der Waals surface area (Å²) in [7, 11) is 1.83. The number of benzene rings is 2. The van der Waals surface area contributed by atoms with Crippen molar-refractivity contribution in [3.63, 3.8) is 0 Å². The van der Waals surface area contributed by atoms with E-state index in [0.717, 1.165) is 23.0 Å². The number of anilines is 1. The average molecular weight is 336 g/mol. The predicted molar refractivity (Wildman–Crippen MR) is 101 cm³/mol. The van der Waals surface area contributed by atoms with Crippen LogP contribution in [0.5, 0.6) is 0 Å². The molecule has 0 bridgehead atoms. The Bertz CT molecular complexity index is 870. The molecule has 0 saturated carbocycles. The second-order valence-electron chi connectivity index (χ2n) is 6.24. The van der Waals surface area contributed by atoms with Crippen LogP contribution in [0.4, 0.5) is 5.95 Å². The first-order valence-corrected chi connectivity index (χ1v) is 8.61. The number of nitrogens with two attached hydrogens (primary N) is 1. The minimum Gasteiger partial charge on any atom is -0.369 e. The lowest BCUT2D eigenvalue weighted by atomic mass is 10.1. The van der Waals surface area contributed by atoms with Crippen LogP contribution in [0.2, 0.25) is 0 Å². The molecule has 0 saturated heterocycles. The minimum absolute atomic E-state index is 0.102. The van der Waals surface area contributed by atoms with Crippen molar-refractivity contribution in [3.05, 3.63) is 59.7 Å². The van der Waals surface area contributed by atoms with Gasteiger partial charge in [-0.25, -0.2) is 4.98 Å². The van der Waals surface area contributed by atoms with E-state index in [4.69, 9.17) is 5.73 Å². The summed E-state index contributed by atoms with van der Waals surface area (Å²) < 4.78 is 2.01. The van der Waals surface area contributed by atoms with E-state index in [0.29, 0.717) is 25.5 Å². The van der Waals surface area contributed by atoms with E-state index >= 15 is 0 Å². The molecule has 0 radical (unpaired) electrons. The van der Waals surface area contributed by atoms with Crippen LogP contribution >= 0.6 is 0 Å². The summed E-state index contributed by atoms with van der Waals surface area (Å²) in [6.45, 7) is 3.35. The second-order valence-corrected chi connectivity index (χ2v) is 6.24. The van der Waals surface area contributed by atoms with Crippen molar-refractivity contribution in [2.24, 2.45) is 0 Å². The molecule has 2 N–H and O–H groups in total. The van der Waals surface area contributed by atoms with Crippen LogP contribution < -0.4 is 5.73 Å². The molecule has 0 aliphatic rings. The summed E-state index contributed by atoms with van der Waals surface area (Å²) in [5.41, 5.74) is 10.3. The molecule has 3 aromatic rings. The van der Waals surface area contributed by atoms with Gasteiger partial charge in [0, 0.05) is 20.1 Å². The lowest BCUT2D eigenvalue weighted by Gasteiger charge is -2.18. The van der Waals surface area contributed by atoms with Gasteiger partial charge in [-0.05, 0) is 23.6 Å². The van der Waals surface area contributed by atoms with Crippen LogP contribution in [0.25, 0.3) is 11.0 Å². The highest BCUT2D eigenvalue weighted by Gasteiger charge is 2.14. The quantitative estimate of drug-likeness (QED) is 0.753. The van der Waals surface area contributed by atoms with Gasteiger partial charge in [0.2, 0.25) is 11.9 Å². The smallest absolute Gasteiger partial charge is 0.226 e. The van der Waals surface area contributed by atoms with E-state index < -0.39 is 0 Å². The maximum absolute atomic E-state index is 12.4. The monoisotopic (exact) mass is 336 g/mol. The van der Waals surface area contributed by atoms with Gasteiger partial charge in [0.15, 0.2) is 0 Å². The fraction of sp³-hybridized carbons (Fsp3) is 0.300. The number of fused-ring (bicyclic) bond motifs is 1. The highest BCUT2D eigenvalue weighted by molar-refractivity contribution is 5.82. The molecule has 1 amide bonds. The molecule has 130 valence electrons. The van der Waals surface area contributed by atoms with Crippen molar-refractivity contribution >= 4 is 22.9 Å². The lowest BCUT2D eigenvalue weighted by molar-refractivity contribution is -0.129. The third kappa shape index (κ3) is 3.65. The second kappa shape index (κ2) is 7.38. The van der Waals surface area contributed by atoms with Crippen molar-refractivity contribution in [3.8, 4) is 0 Å². The molecule has 5 nitrogen and oxygen atoms in total. The number of hydrogen-bond donors (Lipinski definition) is 1. The van der Waals surface area contributed by atoms with E-state index in [9.17, 15) is 4.79 Å². The predicted octanol–water partition coefficient (Wildman–Crippen LogP) is 2.88. The Balaban J connectivity index is 1.72. The third-order valence-electron chi connectivity index (χ3n) is 4.54. The molecule has 0 aliphatic heterocycles. The molecule has 0 atom stereocenters. The number of aryl methyl sites for hydroxylation is 1. The van der Waals surface area contributed by atoms with Crippen molar-refractivity contribution < 1.29 is 4.79 Å². The molecule has 3 rings (SSSR count). The van der Waals surface area contributed by atoms with Crippen LogP contribution in [-0.4, -0.2) is 34.0 Å². The molecular weight excluding hydrogens is 312 g/mol. The summed E-state index contributed by atoms with van der Waals surface area (Å²) in [5.74, 6) is 0.602. The fourth-order valence-electron chi connectivity index (χ4n) is 3.07. The number of amides is 1. The topological polar surface area (TPSA) is 64.2 Å². The maximum atomic E-state index is 12.4. The Hall–Kier alpha value is -2.82. The van der Waals surface area contributed by atoms with E-state index in [1.807, 2.05) is 54.1 Å². The van der Waals surface area contributed by atoms with Crippen molar-refractivity contribution in [2.45, 2.75) is 26.3 Å². The van der Waals surface area contributed by atoms with E-state index in [-0.39, 0.29) is 5.91 Å². The van der Waals surface area contributed by atoms with E-state index in [2.05, 4.69) is 18.0 Å². The van der Waals surface area contributed by atoms with Gasteiger partial charge < -0.3 is 15.2 Å². The standard InChI is InChI=1S/C20H24N4O/c1-3-16-10-7-11-17-19(16)24(20(21)22-17)13-12-23(2)18(25)14-15-8-5-4-6-9-15/h4-11H,3,12-14H2,1-2H3,(H2,21,22). The Morgan fingerprint density at radius 3 is 2.64 bits per heavy atom. The van der Waals surface area contributed by atoms with Gasteiger partial charge >= 0.3 is 0 Å². The first-order chi connectivity index (χ1) is 12.1. The Kier molecular flexibility index (Phi) is 5.03. The maximum Gasteiger partial charge on any atom is 0.226 e. The number of nitrogen functional groups attached to an aromatic ring is 1. The number of rotatable bonds is 6. The zero-order valence-corrected chi connectivity index (χ0v) is 14.8. The molecule has 25 heavy (non-hydrogen) atoms. The van der Waals surface area contributed by atoms with Gasteiger partial charge in [0.1, 0.15) is 0 Å². The van der Waals surface area contributed by atoms with E-state index in [1.165, 1.54) is 5.56 Å². The molecule has 2 aromatic carbocycles. The molecule has 0 spiro atoms. The normalized spacial score (nSPS) is 11.0. The van der Waals surface area contributed by atoms with Crippen LogP contribution in [0.15, 0.2) is 48.5 Å². The molecular formula is C20H24N4O. The molecule has 0 unspecified atom stereocenters. The highest BCUT2D eigenvalue weighted by Crippen LogP contribution is 2.22. The number of carbonyl (C=O) groups is 1. The van der Waals surface area contributed by atoms with Gasteiger partial charge in [0.25, 0.3) is 0 Å². The van der Waals surface area contributed by atoms with E-state index in [1.54, 1.807) is 4.90 Å². The summed E-state index contributed by atoms with van der Waals surface area (Å²) in [5, 5.41) is 0. The molecule has 1 aromatic heterocycles. The molecule has 1 heterocycles. The number of likely N-dealkylation sites (N-methyl/N-ethyl adjacent to an activating group) is 1. The molecule has 0 fully saturated rings. The fourth-order valence-corrected chi connectivity index (χ4v) is 3.07. The Labute approximate surface area is 148 Å². The number of para-hydroxylation sites is 1. The zero-order chi connectivity index (χ0) is 17.8.